The first kappa shape index (κ1) is 14.4. The van der Waals surface area contributed by atoms with E-state index in [1.807, 2.05) is 24.5 Å². The van der Waals surface area contributed by atoms with Crippen LogP contribution in [0.3, 0.4) is 0 Å². The molecular weight excluding hydrogens is 292 g/mol. The van der Waals surface area contributed by atoms with E-state index in [4.69, 9.17) is 5.26 Å². The number of nitrogens with one attached hydrogen (secondary N) is 1. The van der Waals surface area contributed by atoms with Gasteiger partial charge < -0.3 is 0 Å². The summed E-state index contributed by atoms with van der Waals surface area (Å²) in [4.78, 5) is 0.917. The van der Waals surface area contributed by atoms with Gasteiger partial charge in [0.25, 0.3) is 10.0 Å². The first-order chi connectivity index (χ1) is 9.56. The maximum absolute atomic E-state index is 12.3. The fraction of sp³-hybridized carbons (Fsp3) is 0.0714. The van der Waals surface area contributed by atoms with E-state index in [2.05, 4.69) is 4.72 Å². The molecule has 0 saturated heterocycles. The van der Waals surface area contributed by atoms with Gasteiger partial charge in [0.2, 0.25) is 0 Å². The van der Waals surface area contributed by atoms with Crippen molar-refractivity contribution in [3.63, 3.8) is 0 Å². The molecule has 0 fully saturated rings. The lowest BCUT2D eigenvalue weighted by atomic mass is 10.2. The molecule has 0 aliphatic carbocycles. The van der Waals surface area contributed by atoms with Crippen LogP contribution < -0.4 is 4.72 Å². The van der Waals surface area contributed by atoms with E-state index in [1.54, 1.807) is 24.3 Å². The van der Waals surface area contributed by atoms with E-state index >= 15 is 0 Å². The van der Waals surface area contributed by atoms with Crippen molar-refractivity contribution >= 4 is 27.5 Å². The summed E-state index contributed by atoms with van der Waals surface area (Å²) in [5.41, 5.74) is 0.841. The molecule has 2 aromatic rings. The van der Waals surface area contributed by atoms with Crippen LogP contribution in [0.15, 0.2) is 58.3 Å². The number of thioether (sulfide) groups is 1. The number of hydrogen-bond acceptors (Lipinski definition) is 4. The highest BCUT2D eigenvalue weighted by molar-refractivity contribution is 7.99. The first-order valence-corrected chi connectivity index (χ1v) is 8.43. The van der Waals surface area contributed by atoms with Crippen molar-refractivity contribution in [1.82, 2.24) is 0 Å². The minimum absolute atomic E-state index is 0.0763. The molecule has 2 aromatic carbocycles. The van der Waals surface area contributed by atoms with Crippen molar-refractivity contribution in [3.05, 3.63) is 54.1 Å². The third-order valence-electron chi connectivity index (χ3n) is 2.62. The van der Waals surface area contributed by atoms with Gasteiger partial charge in [0.15, 0.2) is 0 Å². The lowest BCUT2D eigenvalue weighted by molar-refractivity contribution is 0.601. The highest BCUT2D eigenvalue weighted by Gasteiger charge is 2.16. The Kier molecular flexibility index (Phi) is 4.32. The summed E-state index contributed by atoms with van der Waals surface area (Å²) in [6.45, 7) is 0. The number of nitrogens with zero attached hydrogens (tertiary/aromatic N) is 1. The van der Waals surface area contributed by atoms with Crippen molar-refractivity contribution in [2.24, 2.45) is 0 Å². The van der Waals surface area contributed by atoms with Crippen LogP contribution in [0.2, 0.25) is 0 Å². The van der Waals surface area contributed by atoms with Crippen molar-refractivity contribution in [2.45, 2.75) is 9.79 Å². The van der Waals surface area contributed by atoms with Crippen LogP contribution >= 0.6 is 11.8 Å². The Morgan fingerprint density at radius 1 is 1.15 bits per heavy atom. The molecule has 0 atom stereocenters. The molecule has 20 heavy (non-hydrogen) atoms. The third kappa shape index (κ3) is 3.13. The van der Waals surface area contributed by atoms with Crippen LogP contribution in [0.25, 0.3) is 0 Å². The Morgan fingerprint density at radius 2 is 1.90 bits per heavy atom. The molecule has 0 saturated carbocycles. The molecule has 0 amide bonds. The highest BCUT2D eigenvalue weighted by atomic mass is 32.2. The molecular formula is C14H12N2O2S2. The Balaban J connectivity index is 2.38. The zero-order valence-electron chi connectivity index (χ0n) is 10.7. The maximum Gasteiger partial charge on any atom is 0.261 e. The highest BCUT2D eigenvalue weighted by Crippen LogP contribution is 2.27. The Hall–Kier alpha value is -1.97. The number of para-hydroxylation sites is 1. The minimum atomic E-state index is -3.69. The van der Waals surface area contributed by atoms with Gasteiger partial charge in [-0.05, 0) is 36.6 Å². The van der Waals surface area contributed by atoms with E-state index in [0.717, 1.165) is 4.90 Å². The van der Waals surface area contributed by atoms with E-state index in [-0.39, 0.29) is 4.90 Å². The molecule has 0 aliphatic heterocycles. The molecule has 0 aromatic heterocycles. The van der Waals surface area contributed by atoms with Crippen molar-refractivity contribution in [2.75, 3.05) is 11.0 Å². The molecule has 0 heterocycles. The van der Waals surface area contributed by atoms with E-state index in [0.29, 0.717) is 11.3 Å². The molecule has 102 valence electrons. The van der Waals surface area contributed by atoms with Gasteiger partial charge in [0.05, 0.1) is 22.2 Å². The zero-order valence-corrected chi connectivity index (χ0v) is 12.3. The van der Waals surface area contributed by atoms with Crippen LogP contribution in [0.4, 0.5) is 5.69 Å². The van der Waals surface area contributed by atoms with Gasteiger partial charge in [0, 0.05) is 4.90 Å². The Morgan fingerprint density at radius 3 is 2.60 bits per heavy atom. The number of sulfonamides is 1. The molecule has 2 rings (SSSR count). The Bertz CT molecular complexity index is 765. The van der Waals surface area contributed by atoms with Gasteiger partial charge in [-0.1, -0.05) is 18.2 Å². The monoisotopic (exact) mass is 304 g/mol. The van der Waals surface area contributed by atoms with E-state index in [1.165, 1.54) is 23.9 Å². The fourth-order valence-corrected chi connectivity index (χ4v) is 3.41. The normalized spacial score (nSPS) is 10.8. The summed E-state index contributed by atoms with van der Waals surface area (Å²) in [6, 6.07) is 15.0. The van der Waals surface area contributed by atoms with Gasteiger partial charge in [-0.2, -0.15) is 5.26 Å². The topological polar surface area (TPSA) is 70.0 Å². The first-order valence-electron chi connectivity index (χ1n) is 5.73. The molecule has 0 aliphatic rings. The predicted molar refractivity (Wildman–Crippen MR) is 80.2 cm³/mol. The average molecular weight is 304 g/mol. The van der Waals surface area contributed by atoms with Crippen LogP contribution in [0.1, 0.15) is 5.56 Å². The number of rotatable bonds is 4. The summed E-state index contributed by atoms with van der Waals surface area (Å²) in [7, 11) is -3.69. The minimum Gasteiger partial charge on any atom is -0.278 e. The van der Waals surface area contributed by atoms with E-state index < -0.39 is 10.0 Å². The van der Waals surface area contributed by atoms with Crippen LogP contribution in [0, 0.1) is 11.3 Å². The van der Waals surface area contributed by atoms with E-state index in [9.17, 15) is 8.42 Å². The smallest absolute Gasteiger partial charge is 0.261 e. The van der Waals surface area contributed by atoms with Crippen LogP contribution in [-0.2, 0) is 10.0 Å². The zero-order chi connectivity index (χ0) is 14.6. The standard InChI is InChI=1S/C14H12N2O2S2/c1-19-14-8-3-2-7-13(14)16-20(17,18)12-6-4-5-11(9-12)10-15/h2-9,16H,1H3. The SMILES string of the molecule is CSc1ccccc1NS(=O)(=O)c1cccc(C#N)c1. The van der Waals surface area contributed by atoms with Crippen molar-refractivity contribution < 1.29 is 8.42 Å². The summed E-state index contributed by atoms with van der Waals surface area (Å²) in [6.07, 6.45) is 1.88. The van der Waals surface area contributed by atoms with Crippen molar-refractivity contribution in [3.8, 4) is 6.07 Å². The second kappa shape index (κ2) is 5.99. The van der Waals surface area contributed by atoms with Gasteiger partial charge in [-0.3, -0.25) is 4.72 Å². The lowest BCUT2D eigenvalue weighted by Gasteiger charge is -2.11. The van der Waals surface area contributed by atoms with Gasteiger partial charge in [-0.25, -0.2) is 8.42 Å². The quantitative estimate of drug-likeness (QED) is 0.881. The summed E-state index contributed by atoms with van der Waals surface area (Å²) < 4.78 is 27.2. The number of anilines is 1. The lowest BCUT2D eigenvalue weighted by Crippen LogP contribution is -2.13. The molecule has 0 bridgehead atoms. The second-order valence-electron chi connectivity index (χ2n) is 3.95. The molecule has 0 radical (unpaired) electrons. The molecule has 1 N–H and O–H groups in total. The van der Waals surface area contributed by atoms with Crippen molar-refractivity contribution in [1.29, 1.82) is 5.26 Å². The second-order valence-corrected chi connectivity index (χ2v) is 6.48. The van der Waals surface area contributed by atoms with Crippen LogP contribution in [-0.4, -0.2) is 14.7 Å². The predicted octanol–water partition coefficient (Wildman–Crippen LogP) is 3.08. The van der Waals surface area contributed by atoms with Gasteiger partial charge in [-0.15, -0.1) is 11.8 Å². The molecule has 0 spiro atoms. The molecule has 4 nitrogen and oxygen atoms in total. The average Bonchev–Trinajstić information content (AvgIpc) is 2.47. The summed E-state index contributed by atoms with van der Waals surface area (Å²) >= 11 is 1.46. The van der Waals surface area contributed by atoms with Gasteiger partial charge >= 0.3 is 0 Å². The largest absolute Gasteiger partial charge is 0.278 e. The fourth-order valence-electron chi connectivity index (χ4n) is 1.67. The maximum atomic E-state index is 12.3. The summed E-state index contributed by atoms with van der Waals surface area (Å²) in [5, 5.41) is 8.83. The van der Waals surface area contributed by atoms with Crippen LogP contribution in [0.5, 0.6) is 0 Å². The Labute approximate surface area is 122 Å². The number of benzene rings is 2. The molecule has 6 heteroatoms. The number of nitriles is 1. The summed E-state index contributed by atoms with van der Waals surface area (Å²) in [5.74, 6) is 0. The number of hydrogen-bond donors (Lipinski definition) is 1. The van der Waals surface area contributed by atoms with Gasteiger partial charge in [0.1, 0.15) is 0 Å². The molecule has 0 unspecified atom stereocenters. The third-order valence-corrected chi connectivity index (χ3v) is 4.78.